The topological polar surface area (TPSA) is 83.8 Å². The minimum absolute atomic E-state index is 0.0394. The number of Topliss-reactive ketones (excluding diaryl/α,β-unsaturated/α-hetero) is 1. The molecule has 0 bridgehead atoms. The Hall–Kier alpha value is -1.59. The number of ether oxygens (including phenoxy) is 1. The number of hydrogen-bond donors (Lipinski definition) is 2. The highest BCUT2D eigenvalue weighted by atomic mass is 35.5. The number of carbonyl (C=O) groups is 2. The summed E-state index contributed by atoms with van der Waals surface area (Å²) >= 11 is 5.70. The van der Waals surface area contributed by atoms with Gasteiger partial charge in [-0.1, -0.05) is 0 Å². The molecule has 0 amide bonds. The van der Waals surface area contributed by atoms with Gasteiger partial charge in [-0.3, -0.25) is 4.79 Å². The predicted molar refractivity (Wildman–Crippen MR) is 69.9 cm³/mol. The van der Waals surface area contributed by atoms with E-state index in [1.54, 1.807) is 6.92 Å². The van der Waals surface area contributed by atoms with Crippen LogP contribution < -0.4 is 4.74 Å². The number of hydrogen-bond acceptors (Lipinski definition) is 4. The molecule has 0 saturated carbocycles. The van der Waals surface area contributed by atoms with Gasteiger partial charge in [-0.05, 0) is 32.0 Å². The first-order valence-electron chi connectivity index (χ1n) is 5.74. The van der Waals surface area contributed by atoms with E-state index in [2.05, 4.69) is 0 Å². The van der Waals surface area contributed by atoms with Gasteiger partial charge in [-0.2, -0.15) is 0 Å². The number of carboxylic acid groups (broad SMARTS) is 1. The molecule has 0 saturated heterocycles. The average molecular weight is 287 g/mol. The number of carboxylic acids is 1. The van der Waals surface area contributed by atoms with E-state index in [-0.39, 0.29) is 22.7 Å². The van der Waals surface area contributed by atoms with Crippen LogP contribution in [-0.2, 0) is 4.79 Å². The second kappa shape index (κ2) is 6.54. The summed E-state index contributed by atoms with van der Waals surface area (Å²) in [6.07, 6.45) is -1.75. The highest BCUT2D eigenvalue weighted by Gasteiger charge is 2.23. The lowest BCUT2D eigenvalue weighted by Gasteiger charge is -2.14. The van der Waals surface area contributed by atoms with Crippen LogP contribution in [0.3, 0.4) is 0 Å². The molecule has 19 heavy (non-hydrogen) atoms. The van der Waals surface area contributed by atoms with Gasteiger partial charge in [0.2, 0.25) is 0 Å². The van der Waals surface area contributed by atoms with Crippen molar-refractivity contribution in [1.29, 1.82) is 0 Å². The third-order valence-electron chi connectivity index (χ3n) is 2.48. The van der Waals surface area contributed by atoms with Crippen LogP contribution in [0.25, 0.3) is 0 Å². The Bertz CT molecular complexity index is 484. The Balaban J connectivity index is 3.25. The van der Waals surface area contributed by atoms with Crippen LogP contribution in [0, 0.1) is 0 Å². The molecule has 0 spiro atoms. The van der Waals surface area contributed by atoms with Crippen molar-refractivity contribution in [1.82, 2.24) is 0 Å². The molecule has 5 nitrogen and oxygen atoms in total. The molecule has 6 heteroatoms. The smallest absolute Gasteiger partial charge is 0.337 e. The van der Waals surface area contributed by atoms with Gasteiger partial charge in [0.15, 0.2) is 11.9 Å². The van der Waals surface area contributed by atoms with Crippen LogP contribution >= 0.6 is 11.6 Å². The number of aliphatic hydroxyl groups is 1. The summed E-state index contributed by atoms with van der Waals surface area (Å²) in [6, 6.07) is 4.24. The molecular weight excluding hydrogens is 272 g/mol. The number of aliphatic carboxylic acids is 1. The van der Waals surface area contributed by atoms with Gasteiger partial charge < -0.3 is 14.9 Å². The minimum atomic E-state index is -1.75. The number of alkyl halides is 1. The quantitative estimate of drug-likeness (QED) is 0.617. The molecule has 1 aromatic carbocycles. The average Bonchev–Trinajstić information content (AvgIpc) is 2.37. The number of halogens is 1. The third kappa shape index (κ3) is 3.68. The summed E-state index contributed by atoms with van der Waals surface area (Å²) in [4.78, 5) is 22.6. The van der Waals surface area contributed by atoms with Crippen molar-refractivity contribution < 1.29 is 24.5 Å². The summed E-state index contributed by atoms with van der Waals surface area (Å²) in [5, 5.41) is 17.7. The normalized spacial score (nSPS) is 13.7. The molecule has 0 radical (unpaired) electrons. The molecule has 0 aliphatic heterocycles. The maximum absolute atomic E-state index is 11.8. The first-order chi connectivity index (χ1) is 8.88. The lowest BCUT2D eigenvalue weighted by Crippen LogP contribution is -2.15. The van der Waals surface area contributed by atoms with Crippen molar-refractivity contribution in [3.8, 4) is 5.75 Å². The Labute approximate surface area is 115 Å². The summed E-state index contributed by atoms with van der Waals surface area (Å²) in [5.41, 5.74) is 0.277. The number of rotatable bonds is 6. The van der Waals surface area contributed by atoms with E-state index >= 15 is 0 Å². The lowest BCUT2D eigenvalue weighted by atomic mass is 10.0. The maximum Gasteiger partial charge on any atom is 0.337 e. The first-order valence-corrected chi connectivity index (χ1v) is 6.18. The molecule has 104 valence electrons. The molecule has 0 aliphatic carbocycles. The maximum atomic E-state index is 11.8. The third-order valence-corrected chi connectivity index (χ3v) is 2.68. The van der Waals surface area contributed by atoms with E-state index in [9.17, 15) is 14.7 Å². The molecule has 2 unspecified atom stereocenters. The molecular formula is C13H15ClO5. The van der Waals surface area contributed by atoms with Gasteiger partial charge >= 0.3 is 5.97 Å². The Morgan fingerprint density at radius 2 is 2.05 bits per heavy atom. The Morgan fingerprint density at radius 1 is 1.42 bits per heavy atom. The largest absolute Gasteiger partial charge is 0.493 e. The predicted octanol–water partition coefficient (Wildman–Crippen LogP) is 2.01. The van der Waals surface area contributed by atoms with Crippen LogP contribution in [0.4, 0.5) is 0 Å². The SMILES string of the molecule is CCOc1ccc(C(=O)C(C)Cl)cc1C(O)C(=O)O. The van der Waals surface area contributed by atoms with Crippen molar-refractivity contribution in [2.24, 2.45) is 0 Å². The fraction of sp³-hybridized carbons (Fsp3) is 0.385. The second-order valence-corrected chi connectivity index (χ2v) is 4.56. The molecule has 0 aliphatic rings. The zero-order chi connectivity index (χ0) is 14.6. The Kier molecular flexibility index (Phi) is 5.32. The van der Waals surface area contributed by atoms with E-state index in [1.807, 2.05) is 0 Å². The summed E-state index contributed by atoms with van der Waals surface area (Å²) in [7, 11) is 0. The molecule has 2 N–H and O–H groups in total. The number of benzene rings is 1. The number of ketones is 1. The van der Waals surface area contributed by atoms with Crippen molar-refractivity contribution >= 4 is 23.4 Å². The van der Waals surface area contributed by atoms with E-state index in [4.69, 9.17) is 21.4 Å². The van der Waals surface area contributed by atoms with Crippen LogP contribution in [-0.4, -0.2) is 33.9 Å². The van der Waals surface area contributed by atoms with E-state index < -0.39 is 17.5 Å². The highest BCUT2D eigenvalue weighted by molar-refractivity contribution is 6.33. The molecule has 0 aromatic heterocycles. The van der Waals surface area contributed by atoms with E-state index in [0.717, 1.165) is 0 Å². The van der Waals surface area contributed by atoms with E-state index in [1.165, 1.54) is 25.1 Å². The zero-order valence-corrected chi connectivity index (χ0v) is 11.3. The van der Waals surface area contributed by atoms with Crippen LogP contribution in [0.2, 0.25) is 0 Å². The molecule has 2 atom stereocenters. The summed E-state index contributed by atoms with van der Waals surface area (Å²) < 4.78 is 5.24. The van der Waals surface area contributed by atoms with Crippen LogP contribution in [0.5, 0.6) is 5.75 Å². The van der Waals surface area contributed by atoms with Gasteiger partial charge in [0, 0.05) is 11.1 Å². The molecule has 1 rings (SSSR count). The molecule has 0 fully saturated rings. The van der Waals surface area contributed by atoms with Crippen molar-refractivity contribution in [2.75, 3.05) is 6.61 Å². The highest BCUT2D eigenvalue weighted by Crippen LogP contribution is 2.27. The fourth-order valence-corrected chi connectivity index (χ4v) is 1.69. The van der Waals surface area contributed by atoms with Crippen molar-refractivity contribution in [3.63, 3.8) is 0 Å². The number of aliphatic hydroxyl groups excluding tert-OH is 1. The molecule has 1 aromatic rings. The van der Waals surface area contributed by atoms with Crippen LogP contribution in [0.1, 0.15) is 35.9 Å². The van der Waals surface area contributed by atoms with Gasteiger partial charge in [0.1, 0.15) is 5.75 Å². The lowest BCUT2D eigenvalue weighted by molar-refractivity contribution is -0.147. The minimum Gasteiger partial charge on any atom is -0.493 e. The van der Waals surface area contributed by atoms with Crippen molar-refractivity contribution in [3.05, 3.63) is 29.3 Å². The van der Waals surface area contributed by atoms with Gasteiger partial charge in [0.25, 0.3) is 0 Å². The molecule has 0 heterocycles. The summed E-state index contributed by atoms with van der Waals surface area (Å²) in [6.45, 7) is 3.57. The number of carbonyl (C=O) groups excluding carboxylic acids is 1. The van der Waals surface area contributed by atoms with Gasteiger partial charge in [0.05, 0.1) is 12.0 Å². The van der Waals surface area contributed by atoms with Crippen molar-refractivity contribution in [2.45, 2.75) is 25.3 Å². The monoisotopic (exact) mass is 286 g/mol. The first kappa shape index (κ1) is 15.5. The fourth-order valence-electron chi connectivity index (χ4n) is 1.57. The standard InChI is InChI=1S/C13H15ClO5/c1-3-19-10-5-4-8(11(15)7(2)14)6-9(10)12(16)13(17)18/h4-7,12,16H,3H2,1-2H3,(H,17,18). The van der Waals surface area contributed by atoms with Crippen LogP contribution in [0.15, 0.2) is 18.2 Å². The summed E-state index contributed by atoms with van der Waals surface area (Å²) in [5.74, 6) is -1.52. The van der Waals surface area contributed by atoms with E-state index in [0.29, 0.717) is 6.61 Å². The zero-order valence-electron chi connectivity index (χ0n) is 10.6. The van der Waals surface area contributed by atoms with Gasteiger partial charge in [-0.25, -0.2) is 4.79 Å². The van der Waals surface area contributed by atoms with Gasteiger partial charge in [-0.15, -0.1) is 11.6 Å². The second-order valence-electron chi connectivity index (χ2n) is 3.91. The Morgan fingerprint density at radius 3 is 2.53 bits per heavy atom.